The van der Waals surface area contributed by atoms with Gasteiger partial charge in [0.15, 0.2) is 15.2 Å². The normalized spacial score (nSPS) is 19.2. The van der Waals surface area contributed by atoms with Gasteiger partial charge in [-0.15, -0.1) is 0 Å². The lowest BCUT2D eigenvalue weighted by Gasteiger charge is -2.23. The van der Waals surface area contributed by atoms with Crippen LogP contribution in [0.1, 0.15) is 82.1 Å². The van der Waals surface area contributed by atoms with E-state index in [0.717, 1.165) is 19.3 Å². The van der Waals surface area contributed by atoms with Crippen LogP contribution >= 0.6 is 0 Å². The molecule has 5 nitrogen and oxygen atoms in total. The number of unbranched alkanes of at least 4 members (excludes halogenated alkanes) is 9. The first-order chi connectivity index (χ1) is 12.6. The topological polar surface area (TPSA) is 67.3 Å². The summed E-state index contributed by atoms with van der Waals surface area (Å²) >= 11 is 0. The van der Waals surface area contributed by atoms with Crippen LogP contribution < -0.4 is 0 Å². The number of carbonyl (C=O) groups is 1. The third-order valence-electron chi connectivity index (χ3n) is 4.99. The number of rotatable bonds is 12. The molecule has 0 bridgehead atoms. The molecule has 1 fully saturated rings. The van der Waals surface area contributed by atoms with Crippen LogP contribution in [-0.2, 0) is 14.6 Å². The predicted octanol–water partition coefficient (Wildman–Crippen LogP) is 4.26. The predicted molar refractivity (Wildman–Crippen MR) is 104 cm³/mol. The smallest absolute Gasteiger partial charge is 0.239 e. The maximum Gasteiger partial charge on any atom is 0.239 e. The Labute approximate surface area is 158 Å². The van der Waals surface area contributed by atoms with E-state index in [1.807, 2.05) is 0 Å². The van der Waals surface area contributed by atoms with E-state index in [0.29, 0.717) is 12.1 Å². The van der Waals surface area contributed by atoms with Crippen molar-refractivity contribution in [2.45, 2.75) is 76.5 Å². The van der Waals surface area contributed by atoms with Gasteiger partial charge >= 0.3 is 0 Å². The quantitative estimate of drug-likeness (QED) is 0.508. The zero-order valence-electron chi connectivity index (χ0n) is 15.9. The number of hydrogen-bond acceptors (Lipinski definition) is 4. The summed E-state index contributed by atoms with van der Waals surface area (Å²) in [4.78, 5) is 17.7. The van der Waals surface area contributed by atoms with Crippen LogP contribution in [0.25, 0.3) is 0 Å². The Balaban J connectivity index is 1.73. The number of carbonyl (C=O) groups excluding carboxylic acids is 1. The minimum absolute atomic E-state index is 0.283. The molecule has 6 heteroatoms. The molecular weight excluding hydrogens is 348 g/mol. The van der Waals surface area contributed by atoms with Crippen molar-refractivity contribution in [3.05, 3.63) is 30.1 Å². The van der Waals surface area contributed by atoms with Crippen molar-refractivity contribution in [1.82, 2.24) is 9.88 Å². The van der Waals surface area contributed by atoms with Crippen molar-refractivity contribution >= 4 is 15.7 Å². The summed E-state index contributed by atoms with van der Waals surface area (Å²) in [5.41, 5.74) is 0.588. The average Bonchev–Trinajstić information content (AvgIpc) is 2.85. The number of nitrogens with zero attached hydrogens (tertiary/aromatic N) is 2. The van der Waals surface area contributed by atoms with E-state index < -0.39 is 15.2 Å². The van der Waals surface area contributed by atoms with Crippen LogP contribution in [0.15, 0.2) is 24.5 Å². The van der Waals surface area contributed by atoms with E-state index in [9.17, 15) is 13.2 Å². The Morgan fingerprint density at radius 2 is 1.65 bits per heavy atom. The van der Waals surface area contributed by atoms with Gasteiger partial charge in [-0.05, 0) is 12.5 Å². The zero-order valence-corrected chi connectivity index (χ0v) is 16.7. The van der Waals surface area contributed by atoms with Gasteiger partial charge in [0.25, 0.3) is 0 Å². The monoisotopic (exact) mass is 380 g/mol. The first-order valence-corrected chi connectivity index (χ1v) is 11.7. The third-order valence-corrected chi connectivity index (χ3v) is 6.85. The second-order valence-electron chi connectivity index (χ2n) is 7.22. The Morgan fingerprint density at radius 3 is 2.23 bits per heavy atom. The highest BCUT2D eigenvalue weighted by molar-refractivity contribution is 7.92. The minimum Gasteiger partial charge on any atom is -0.321 e. The fourth-order valence-corrected chi connectivity index (χ4v) is 5.41. The van der Waals surface area contributed by atoms with Crippen molar-refractivity contribution in [3.63, 3.8) is 0 Å². The summed E-state index contributed by atoms with van der Waals surface area (Å²) in [5.74, 6) is -0.667. The largest absolute Gasteiger partial charge is 0.321 e. The molecule has 0 radical (unpaired) electrons. The summed E-state index contributed by atoms with van der Waals surface area (Å²) < 4.78 is 24.7. The van der Waals surface area contributed by atoms with Crippen LogP contribution in [0, 0.1) is 0 Å². The molecule has 1 aromatic heterocycles. The van der Waals surface area contributed by atoms with Gasteiger partial charge in [-0.2, -0.15) is 0 Å². The standard InChI is InChI=1S/C20H32N2O3S/c1-2-3-4-5-6-7-8-9-10-11-15-22-19(23)17-26(24,25)20(22)18-13-12-14-21-16-18/h12-14,16,20H,2-11,15,17H2,1H3/t20-/m1/s1. The van der Waals surface area contributed by atoms with Crippen molar-refractivity contribution < 1.29 is 13.2 Å². The molecule has 1 aliphatic heterocycles. The molecule has 26 heavy (non-hydrogen) atoms. The van der Waals surface area contributed by atoms with Gasteiger partial charge in [-0.1, -0.05) is 70.8 Å². The molecule has 0 aliphatic carbocycles. The maximum absolute atomic E-state index is 12.4. The first kappa shape index (κ1) is 20.9. The molecule has 1 aliphatic rings. The molecule has 0 spiro atoms. The number of amides is 1. The second-order valence-corrected chi connectivity index (χ2v) is 9.28. The molecule has 2 heterocycles. The highest BCUT2D eigenvalue weighted by Gasteiger charge is 2.44. The highest BCUT2D eigenvalue weighted by atomic mass is 32.2. The van der Waals surface area contributed by atoms with Crippen LogP contribution in [0.4, 0.5) is 0 Å². The number of hydrogen-bond donors (Lipinski definition) is 0. The van der Waals surface area contributed by atoms with Crippen LogP contribution in [0.3, 0.4) is 0 Å². The molecule has 1 aromatic rings. The first-order valence-electron chi connectivity index (χ1n) is 9.97. The molecule has 0 N–H and O–H groups in total. The molecule has 1 amide bonds. The Morgan fingerprint density at radius 1 is 1.04 bits per heavy atom. The van der Waals surface area contributed by atoms with Crippen molar-refractivity contribution in [1.29, 1.82) is 0 Å². The Bertz CT molecular complexity index is 646. The van der Waals surface area contributed by atoms with E-state index in [1.54, 1.807) is 24.5 Å². The molecule has 2 rings (SSSR count). The van der Waals surface area contributed by atoms with Gasteiger partial charge in [0.1, 0.15) is 5.75 Å². The molecule has 1 saturated heterocycles. The van der Waals surface area contributed by atoms with E-state index in [2.05, 4.69) is 11.9 Å². The fourth-order valence-electron chi connectivity index (χ4n) is 3.58. The number of sulfone groups is 1. The van der Waals surface area contributed by atoms with E-state index in [-0.39, 0.29) is 11.7 Å². The number of aromatic nitrogens is 1. The number of pyridine rings is 1. The molecule has 146 valence electrons. The van der Waals surface area contributed by atoms with Gasteiger partial charge in [0.2, 0.25) is 5.91 Å². The van der Waals surface area contributed by atoms with Gasteiger partial charge < -0.3 is 4.90 Å². The lowest BCUT2D eigenvalue weighted by Crippen LogP contribution is -2.30. The van der Waals surface area contributed by atoms with E-state index >= 15 is 0 Å². The minimum atomic E-state index is -3.46. The SMILES string of the molecule is CCCCCCCCCCCCN1C(=O)CS(=O)(=O)[C@@H]1c1cccnc1. The van der Waals surface area contributed by atoms with Gasteiger partial charge in [0, 0.05) is 24.5 Å². The zero-order chi connectivity index (χ0) is 18.8. The van der Waals surface area contributed by atoms with Crippen molar-refractivity contribution in [2.75, 3.05) is 12.3 Å². The van der Waals surface area contributed by atoms with Crippen LogP contribution in [-0.4, -0.2) is 36.5 Å². The van der Waals surface area contributed by atoms with E-state index in [4.69, 9.17) is 0 Å². The average molecular weight is 381 g/mol. The van der Waals surface area contributed by atoms with Crippen molar-refractivity contribution in [2.24, 2.45) is 0 Å². The lowest BCUT2D eigenvalue weighted by molar-refractivity contribution is -0.128. The van der Waals surface area contributed by atoms with Gasteiger partial charge in [-0.25, -0.2) is 8.42 Å². The van der Waals surface area contributed by atoms with Crippen molar-refractivity contribution in [3.8, 4) is 0 Å². The molecule has 1 atom stereocenters. The molecular formula is C20H32N2O3S. The molecule has 0 aromatic carbocycles. The summed E-state index contributed by atoms with van der Waals surface area (Å²) in [5, 5.41) is -0.859. The van der Waals surface area contributed by atoms with Crippen LogP contribution in [0.2, 0.25) is 0 Å². The second kappa shape index (κ2) is 10.7. The summed E-state index contributed by atoms with van der Waals surface area (Å²) in [6.07, 6.45) is 15.3. The summed E-state index contributed by atoms with van der Waals surface area (Å²) in [6.45, 7) is 2.74. The summed E-state index contributed by atoms with van der Waals surface area (Å²) in [6, 6.07) is 3.45. The van der Waals surface area contributed by atoms with E-state index in [1.165, 1.54) is 49.8 Å². The van der Waals surface area contributed by atoms with Gasteiger partial charge in [0.05, 0.1) is 0 Å². The molecule has 0 saturated carbocycles. The van der Waals surface area contributed by atoms with Gasteiger partial charge in [-0.3, -0.25) is 9.78 Å². The summed E-state index contributed by atoms with van der Waals surface area (Å²) in [7, 11) is -3.46. The Hall–Kier alpha value is -1.43. The highest BCUT2D eigenvalue weighted by Crippen LogP contribution is 2.33. The van der Waals surface area contributed by atoms with Crippen LogP contribution in [0.5, 0.6) is 0 Å². The lowest BCUT2D eigenvalue weighted by atomic mass is 10.1. The maximum atomic E-state index is 12.4. The Kier molecular flexibility index (Phi) is 8.55. The third kappa shape index (κ3) is 6.08. The molecule has 0 unspecified atom stereocenters. The fraction of sp³-hybridized carbons (Fsp3) is 0.700.